The first kappa shape index (κ1) is 36.9. The molecule has 7 aromatic rings. The molecule has 1 unspecified atom stereocenters. The van der Waals surface area contributed by atoms with Gasteiger partial charge in [-0.2, -0.15) is 10.5 Å². The zero-order chi connectivity index (χ0) is 38.7. The summed E-state index contributed by atoms with van der Waals surface area (Å²) < 4.78 is 0. The van der Waals surface area contributed by atoms with Gasteiger partial charge in [0, 0.05) is 34.1 Å². The molecule has 0 aromatic heterocycles. The van der Waals surface area contributed by atoms with Crippen LogP contribution < -0.4 is 9.80 Å². The number of anilines is 6. The highest BCUT2D eigenvalue weighted by molar-refractivity contribution is 5.92. The fourth-order valence-corrected chi connectivity index (χ4v) is 6.78. The second-order valence-corrected chi connectivity index (χ2v) is 13.7. The molecule has 0 heterocycles. The highest BCUT2D eigenvalue weighted by atomic mass is 15.1. The summed E-state index contributed by atoms with van der Waals surface area (Å²) in [5.74, 6) is 0.508. The molecule has 7 rings (SSSR count). The molecule has 0 fully saturated rings. The van der Waals surface area contributed by atoms with Gasteiger partial charge in [0.05, 0.1) is 23.3 Å². The van der Waals surface area contributed by atoms with Crippen LogP contribution in [0.1, 0.15) is 54.0 Å². The van der Waals surface area contributed by atoms with E-state index in [9.17, 15) is 10.5 Å². The van der Waals surface area contributed by atoms with Crippen LogP contribution in [0.5, 0.6) is 0 Å². The maximum Gasteiger partial charge on any atom is 0.0998 e. The Morgan fingerprint density at radius 2 is 0.750 bits per heavy atom. The molecule has 0 aliphatic heterocycles. The van der Waals surface area contributed by atoms with Gasteiger partial charge in [-0.15, -0.1) is 0 Å². The van der Waals surface area contributed by atoms with Gasteiger partial charge in [-0.05, 0) is 125 Å². The summed E-state index contributed by atoms with van der Waals surface area (Å²) in [6, 6.07) is 68.6. The Balaban J connectivity index is 1.09. The Labute approximate surface area is 330 Å². The van der Waals surface area contributed by atoms with Gasteiger partial charge < -0.3 is 9.80 Å². The molecule has 0 bridgehead atoms. The summed E-state index contributed by atoms with van der Waals surface area (Å²) >= 11 is 0. The molecule has 0 N–H and O–H groups in total. The zero-order valence-corrected chi connectivity index (χ0v) is 31.6. The number of rotatable bonds is 12. The SMILES string of the molecule is CCC(C)c1ccc(N(c2ccccc2)c2ccc(C(C#N)=Cc3ccc(C=C(C#N)c4ccc(N(c5ccccc5)c5ccccc5)cc4)cc3)cc2)cc1. The average Bonchev–Trinajstić information content (AvgIpc) is 3.27. The molecule has 270 valence electrons. The molecule has 4 heteroatoms. The maximum absolute atomic E-state index is 10.2. The monoisotopic (exact) mass is 722 g/mol. The summed E-state index contributed by atoms with van der Waals surface area (Å²) in [7, 11) is 0. The van der Waals surface area contributed by atoms with E-state index in [0.29, 0.717) is 17.1 Å². The summed E-state index contributed by atoms with van der Waals surface area (Å²) in [5, 5.41) is 20.4. The molecule has 0 aliphatic rings. The van der Waals surface area contributed by atoms with Crippen LogP contribution in [0.4, 0.5) is 34.1 Å². The number of para-hydroxylation sites is 3. The molecule has 0 spiro atoms. The molecule has 1 atom stereocenters. The van der Waals surface area contributed by atoms with Gasteiger partial charge in [0.25, 0.3) is 0 Å². The Morgan fingerprint density at radius 3 is 1.05 bits per heavy atom. The summed E-state index contributed by atoms with van der Waals surface area (Å²) in [6.45, 7) is 4.47. The van der Waals surface area contributed by atoms with Gasteiger partial charge in [-0.3, -0.25) is 0 Å². The van der Waals surface area contributed by atoms with Gasteiger partial charge in [0.1, 0.15) is 0 Å². The Hall–Kier alpha value is -7.40. The fraction of sp³-hybridized carbons (Fsp3) is 0.0769. The van der Waals surface area contributed by atoms with E-state index < -0.39 is 0 Å². The highest BCUT2D eigenvalue weighted by Crippen LogP contribution is 2.37. The second-order valence-electron chi connectivity index (χ2n) is 13.7. The van der Waals surface area contributed by atoms with Crippen molar-refractivity contribution in [2.45, 2.75) is 26.2 Å². The third kappa shape index (κ3) is 8.53. The van der Waals surface area contributed by atoms with Gasteiger partial charge in [0.2, 0.25) is 0 Å². The van der Waals surface area contributed by atoms with Gasteiger partial charge in [-0.25, -0.2) is 0 Å². The molecule has 0 saturated heterocycles. The van der Waals surface area contributed by atoms with Gasteiger partial charge >= 0.3 is 0 Å². The third-order valence-electron chi connectivity index (χ3n) is 10.0. The number of allylic oxidation sites excluding steroid dienone is 2. The van der Waals surface area contributed by atoms with E-state index in [2.05, 4.69) is 121 Å². The normalized spacial score (nSPS) is 11.9. The summed E-state index contributed by atoms with van der Waals surface area (Å²) in [4.78, 5) is 4.43. The van der Waals surface area contributed by atoms with Crippen LogP contribution in [-0.4, -0.2) is 0 Å². The highest BCUT2D eigenvalue weighted by Gasteiger charge is 2.15. The second kappa shape index (κ2) is 17.6. The van der Waals surface area contributed by atoms with E-state index in [4.69, 9.17) is 0 Å². The maximum atomic E-state index is 10.2. The molecular formula is C52H42N4. The van der Waals surface area contributed by atoms with Crippen LogP contribution in [0.2, 0.25) is 0 Å². The third-order valence-corrected chi connectivity index (χ3v) is 10.0. The first-order valence-electron chi connectivity index (χ1n) is 18.9. The van der Waals surface area contributed by atoms with Crippen LogP contribution in [0.3, 0.4) is 0 Å². The lowest BCUT2D eigenvalue weighted by Gasteiger charge is -2.26. The quantitative estimate of drug-likeness (QED) is 0.0931. The zero-order valence-electron chi connectivity index (χ0n) is 31.6. The van der Waals surface area contributed by atoms with E-state index in [1.54, 1.807) is 0 Å². The minimum absolute atomic E-state index is 0.508. The number of hydrogen-bond acceptors (Lipinski definition) is 4. The standard InChI is InChI=1S/C52H42N4/c1-3-39(2)42-23-29-50(30-24-42)56(49-17-11-6-12-18-49)52-33-27-44(28-34-52)46(38-54)36-41-21-19-40(20-22-41)35-45(37-53)43-25-31-51(32-26-43)55(47-13-7-4-8-14-47)48-15-9-5-10-16-48/h4-36,39H,3H2,1-2H3. The van der Waals surface area contributed by atoms with Crippen LogP contribution in [-0.2, 0) is 0 Å². The van der Waals surface area contributed by atoms with Gasteiger partial charge in [-0.1, -0.05) is 129 Å². The topological polar surface area (TPSA) is 54.1 Å². The minimum Gasteiger partial charge on any atom is -0.311 e. The van der Waals surface area contributed by atoms with Crippen molar-refractivity contribution >= 4 is 57.4 Å². The van der Waals surface area contributed by atoms with E-state index in [-0.39, 0.29) is 0 Å². The van der Waals surface area contributed by atoms with Crippen molar-refractivity contribution in [3.05, 3.63) is 216 Å². The first-order valence-corrected chi connectivity index (χ1v) is 18.9. The Kier molecular flexibility index (Phi) is 11.6. The first-order chi connectivity index (χ1) is 27.5. The molecule has 0 amide bonds. The van der Waals surface area contributed by atoms with Crippen molar-refractivity contribution in [2.24, 2.45) is 0 Å². The lowest BCUT2D eigenvalue weighted by Crippen LogP contribution is -2.10. The predicted octanol–water partition coefficient (Wildman–Crippen LogP) is 14.3. The van der Waals surface area contributed by atoms with Crippen molar-refractivity contribution in [1.29, 1.82) is 10.5 Å². The van der Waals surface area contributed by atoms with Crippen molar-refractivity contribution in [3.8, 4) is 12.1 Å². The number of nitrogens with zero attached hydrogens (tertiary/aromatic N) is 4. The number of benzene rings is 7. The van der Waals surface area contributed by atoms with Crippen molar-refractivity contribution in [2.75, 3.05) is 9.80 Å². The van der Waals surface area contributed by atoms with Crippen LogP contribution >= 0.6 is 0 Å². The minimum atomic E-state index is 0.508. The Bertz CT molecular complexity index is 2450. The molecule has 4 nitrogen and oxygen atoms in total. The van der Waals surface area contributed by atoms with Crippen molar-refractivity contribution in [1.82, 2.24) is 0 Å². The molecule has 0 aliphatic carbocycles. The lowest BCUT2D eigenvalue weighted by molar-refractivity contribution is 0.733. The summed E-state index contributed by atoms with van der Waals surface area (Å²) in [5.41, 5.74) is 12.2. The largest absolute Gasteiger partial charge is 0.311 e. The summed E-state index contributed by atoms with van der Waals surface area (Å²) in [6.07, 6.45) is 4.90. The van der Waals surface area contributed by atoms with Crippen molar-refractivity contribution in [3.63, 3.8) is 0 Å². The number of nitriles is 2. The van der Waals surface area contributed by atoms with Gasteiger partial charge in [0.15, 0.2) is 0 Å². The van der Waals surface area contributed by atoms with E-state index >= 15 is 0 Å². The predicted molar refractivity (Wildman–Crippen MR) is 234 cm³/mol. The molecule has 56 heavy (non-hydrogen) atoms. The molecule has 0 radical (unpaired) electrons. The molecule has 0 saturated carbocycles. The van der Waals surface area contributed by atoms with E-state index in [1.807, 2.05) is 115 Å². The molecular weight excluding hydrogens is 681 g/mol. The number of hydrogen-bond donors (Lipinski definition) is 0. The fourth-order valence-electron chi connectivity index (χ4n) is 6.78. The van der Waals surface area contributed by atoms with Crippen LogP contribution in [0.25, 0.3) is 23.3 Å². The van der Waals surface area contributed by atoms with Crippen LogP contribution in [0, 0.1) is 22.7 Å². The Morgan fingerprint density at radius 1 is 0.446 bits per heavy atom. The van der Waals surface area contributed by atoms with E-state index in [1.165, 1.54) is 5.56 Å². The smallest absolute Gasteiger partial charge is 0.0998 e. The van der Waals surface area contributed by atoms with E-state index in [0.717, 1.165) is 62.8 Å². The van der Waals surface area contributed by atoms with Crippen molar-refractivity contribution < 1.29 is 0 Å². The molecule has 7 aromatic carbocycles. The lowest BCUT2D eigenvalue weighted by atomic mass is 9.98. The average molecular weight is 723 g/mol. The van der Waals surface area contributed by atoms with Crippen LogP contribution in [0.15, 0.2) is 188 Å².